The topological polar surface area (TPSA) is 29.9 Å². The van der Waals surface area contributed by atoms with E-state index >= 15 is 0 Å². The number of nitrogens with zero attached hydrogens (tertiary/aromatic N) is 2. The van der Waals surface area contributed by atoms with Gasteiger partial charge in [-0.3, -0.25) is 4.57 Å². The molecular weight excluding hydrogens is 218 g/mol. The highest BCUT2D eigenvalue weighted by molar-refractivity contribution is 7.14. The van der Waals surface area contributed by atoms with Gasteiger partial charge in [-0.15, -0.1) is 0 Å². The van der Waals surface area contributed by atoms with Crippen molar-refractivity contribution >= 4 is 11.3 Å². The van der Waals surface area contributed by atoms with E-state index in [0.29, 0.717) is 0 Å². The summed E-state index contributed by atoms with van der Waals surface area (Å²) in [5.41, 5.74) is 3.80. The Bertz CT molecular complexity index is 481. The quantitative estimate of drug-likeness (QED) is 0.818. The SMILES string of the molecule is Cc1ccc(C)n1-c1nc2c(s1)CNCC2. The third kappa shape index (κ3) is 1.49. The van der Waals surface area contributed by atoms with Crippen LogP contribution in [0.25, 0.3) is 5.13 Å². The normalized spacial score (nSPS) is 15.1. The van der Waals surface area contributed by atoms with E-state index in [9.17, 15) is 0 Å². The number of hydrogen-bond donors (Lipinski definition) is 1. The molecule has 1 N–H and O–H groups in total. The van der Waals surface area contributed by atoms with Gasteiger partial charge in [0.15, 0.2) is 5.13 Å². The number of nitrogens with one attached hydrogen (secondary N) is 1. The van der Waals surface area contributed by atoms with E-state index in [1.54, 1.807) is 0 Å². The van der Waals surface area contributed by atoms with Crippen LogP contribution in [0.5, 0.6) is 0 Å². The molecule has 0 fully saturated rings. The second-order valence-electron chi connectivity index (χ2n) is 4.24. The van der Waals surface area contributed by atoms with Crippen LogP contribution in [0.4, 0.5) is 0 Å². The molecule has 0 atom stereocenters. The van der Waals surface area contributed by atoms with E-state index in [1.165, 1.54) is 22.0 Å². The first-order valence-corrected chi connectivity index (χ1v) is 6.42. The van der Waals surface area contributed by atoms with Gasteiger partial charge in [-0.05, 0) is 26.0 Å². The molecule has 0 aromatic carbocycles. The standard InChI is InChI=1S/C12H15N3S/c1-8-3-4-9(2)15(8)12-14-10-5-6-13-7-11(10)16-12/h3-4,13H,5-7H2,1-2H3. The van der Waals surface area contributed by atoms with E-state index in [-0.39, 0.29) is 0 Å². The van der Waals surface area contributed by atoms with Crippen molar-refractivity contribution in [3.8, 4) is 5.13 Å². The zero-order chi connectivity index (χ0) is 11.1. The maximum atomic E-state index is 4.76. The molecule has 0 amide bonds. The van der Waals surface area contributed by atoms with Crippen LogP contribution in [-0.4, -0.2) is 16.1 Å². The predicted octanol–water partition coefficient (Wildman–Crippen LogP) is 2.20. The van der Waals surface area contributed by atoms with Crippen molar-refractivity contribution in [1.29, 1.82) is 0 Å². The first kappa shape index (κ1) is 10.1. The number of hydrogen-bond acceptors (Lipinski definition) is 3. The lowest BCUT2D eigenvalue weighted by Gasteiger charge is -2.09. The van der Waals surface area contributed by atoms with Gasteiger partial charge in [0.05, 0.1) is 5.69 Å². The van der Waals surface area contributed by atoms with Crippen LogP contribution in [0.2, 0.25) is 0 Å². The van der Waals surface area contributed by atoms with Crippen molar-refractivity contribution in [2.24, 2.45) is 0 Å². The average Bonchev–Trinajstić information content (AvgIpc) is 2.82. The maximum absolute atomic E-state index is 4.76. The number of fused-ring (bicyclic) bond motifs is 1. The van der Waals surface area contributed by atoms with Gasteiger partial charge in [0, 0.05) is 35.8 Å². The summed E-state index contributed by atoms with van der Waals surface area (Å²) < 4.78 is 2.24. The van der Waals surface area contributed by atoms with Crippen LogP contribution >= 0.6 is 11.3 Å². The third-order valence-corrected chi connectivity index (χ3v) is 4.14. The summed E-state index contributed by atoms with van der Waals surface area (Å²) in [6, 6.07) is 4.29. The molecule has 1 aliphatic rings. The third-order valence-electron chi connectivity index (χ3n) is 3.05. The van der Waals surface area contributed by atoms with Gasteiger partial charge in [-0.1, -0.05) is 11.3 Å². The smallest absolute Gasteiger partial charge is 0.194 e. The van der Waals surface area contributed by atoms with Crippen LogP contribution in [0.15, 0.2) is 12.1 Å². The minimum absolute atomic E-state index is 0.979. The highest BCUT2D eigenvalue weighted by atomic mass is 32.1. The van der Waals surface area contributed by atoms with Gasteiger partial charge < -0.3 is 5.32 Å². The second kappa shape index (κ2) is 3.71. The summed E-state index contributed by atoms with van der Waals surface area (Å²) in [4.78, 5) is 6.15. The number of aromatic nitrogens is 2. The van der Waals surface area contributed by atoms with Crippen molar-refractivity contribution in [2.75, 3.05) is 6.54 Å². The highest BCUT2D eigenvalue weighted by Gasteiger charge is 2.16. The lowest BCUT2D eigenvalue weighted by molar-refractivity contribution is 0.643. The first-order chi connectivity index (χ1) is 7.75. The van der Waals surface area contributed by atoms with Gasteiger partial charge in [0.2, 0.25) is 0 Å². The molecule has 0 unspecified atom stereocenters. The van der Waals surface area contributed by atoms with Crippen LogP contribution in [0, 0.1) is 13.8 Å². The molecule has 0 spiro atoms. The highest BCUT2D eigenvalue weighted by Crippen LogP contribution is 2.26. The van der Waals surface area contributed by atoms with E-state index in [1.807, 2.05) is 11.3 Å². The zero-order valence-electron chi connectivity index (χ0n) is 9.58. The minimum atomic E-state index is 0.979. The van der Waals surface area contributed by atoms with Gasteiger partial charge >= 0.3 is 0 Å². The Morgan fingerprint density at radius 1 is 1.31 bits per heavy atom. The molecular formula is C12H15N3S. The maximum Gasteiger partial charge on any atom is 0.194 e. The molecule has 0 bridgehead atoms. The van der Waals surface area contributed by atoms with E-state index in [4.69, 9.17) is 4.98 Å². The average molecular weight is 233 g/mol. The summed E-state index contributed by atoms with van der Waals surface area (Å²) in [6.07, 6.45) is 1.06. The van der Waals surface area contributed by atoms with Crippen LogP contribution in [-0.2, 0) is 13.0 Å². The Labute approximate surface area is 99.1 Å². The predicted molar refractivity (Wildman–Crippen MR) is 66.3 cm³/mol. The molecule has 0 saturated heterocycles. The fourth-order valence-corrected chi connectivity index (χ4v) is 3.37. The number of aryl methyl sites for hydroxylation is 2. The Balaban J connectivity index is 2.10. The Morgan fingerprint density at radius 2 is 2.06 bits per heavy atom. The van der Waals surface area contributed by atoms with Gasteiger partial charge in [-0.2, -0.15) is 0 Å². The molecule has 2 aromatic rings. The van der Waals surface area contributed by atoms with Crippen molar-refractivity contribution in [1.82, 2.24) is 14.9 Å². The van der Waals surface area contributed by atoms with Gasteiger partial charge in [0.25, 0.3) is 0 Å². The van der Waals surface area contributed by atoms with Crippen LogP contribution < -0.4 is 5.32 Å². The molecule has 3 heterocycles. The molecule has 84 valence electrons. The van der Waals surface area contributed by atoms with Crippen LogP contribution in [0.1, 0.15) is 22.0 Å². The molecule has 2 aromatic heterocycles. The number of rotatable bonds is 1. The molecule has 3 nitrogen and oxygen atoms in total. The van der Waals surface area contributed by atoms with Crippen molar-refractivity contribution in [2.45, 2.75) is 26.8 Å². The second-order valence-corrected chi connectivity index (χ2v) is 5.31. The van der Waals surface area contributed by atoms with E-state index in [0.717, 1.165) is 24.6 Å². The molecule has 4 heteroatoms. The lowest BCUT2D eigenvalue weighted by Crippen LogP contribution is -2.22. The Morgan fingerprint density at radius 3 is 2.75 bits per heavy atom. The molecule has 16 heavy (non-hydrogen) atoms. The molecule has 1 aliphatic heterocycles. The Kier molecular flexibility index (Phi) is 2.33. The molecule has 0 saturated carbocycles. The fourth-order valence-electron chi connectivity index (χ4n) is 2.18. The van der Waals surface area contributed by atoms with E-state index in [2.05, 4.69) is 35.9 Å². The lowest BCUT2D eigenvalue weighted by atomic mass is 10.2. The summed E-state index contributed by atoms with van der Waals surface area (Å²) in [5.74, 6) is 0. The van der Waals surface area contributed by atoms with Gasteiger partial charge in [0.1, 0.15) is 0 Å². The summed E-state index contributed by atoms with van der Waals surface area (Å²) in [6.45, 7) is 6.30. The van der Waals surface area contributed by atoms with Crippen molar-refractivity contribution in [3.63, 3.8) is 0 Å². The fraction of sp³-hybridized carbons (Fsp3) is 0.417. The monoisotopic (exact) mass is 233 g/mol. The Hall–Kier alpha value is -1.13. The number of thiazole rings is 1. The zero-order valence-corrected chi connectivity index (χ0v) is 10.4. The van der Waals surface area contributed by atoms with Crippen molar-refractivity contribution in [3.05, 3.63) is 34.1 Å². The first-order valence-electron chi connectivity index (χ1n) is 5.60. The summed E-state index contributed by atoms with van der Waals surface area (Å²) in [7, 11) is 0. The summed E-state index contributed by atoms with van der Waals surface area (Å²) >= 11 is 1.81. The molecule has 3 rings (SSSR count). The van der Waals surface area contributed by atoms with Crippen molar-refractivity contribution < 1.29 is 0 Å². The molecule has 0 radical (unpaired) electrons. The minimum Gasteiger partial charge on any atom is -0.311 e. The molecule has 0 aliphatic carbocycles. The van der Waals surface area contributed by atoms with E-state index < -0.39 is 0 Å². The summed E-state index contributed by atoms with van der Waals surface area (Å²) in [5, 5.41) is 4.51. The van der Waals surface area contributed by atoms with Crippen LogP contribution in [0.3, 0.4) is 0 Å². The largest absolute Gasteiger partial charge is 0.311 e. The van der Waals surface area contributed by atoms with Gasteiger partial charge in [-0.25, -0.2) is 4.98 Å².